The van der Waals surface area contributed by atoms with E-state index in [1.54, 1.807) is 18.2 Å². The number of rotatable bonds is 5. The van der Waals surface area contributed by atoms with Gasteiger partial charge in [0.2, 0.25) is 5.91 Å². The zero-order valence-electron chi connectivity index (χ0n) is 15.5. The van der Waals surface area contributed by atoms with Crippen LogP contribution in [0.15, 0.2) is 59.4 Å². The van der Waals surface area contributed by atoms with E-state index in [0.717, 1.165) is 5.56 Å². The van der Waals surface area contributed by atoms with E-state index in [9.17, 15) is 9.59 Å². The van der Waals surface area contributed by atoms with Gasteiger partial charge in [0, 0.05) is 19.8 Å². The van der Waals surface area contributed by atoms with Gasteiger partial charge in [-0.2, -0.15) is 0 Å². The maximum atomic E-state index is 13.1. The van der Waals surface area contributed by atoms with Gasteiger partial charge in [-0.05, 0) is 30.5 Å². The Hall–Kier alpha value is -3.06. The van der Waals surface area contributed by atoms with Gasteiger partial charge < -0.3 is 10.1 Å². The van der Waals surface area contributed by atoms with Crippen LogP contribution in [0.1, 0.15) is 18.4 Å². The van der Waals surface area contributed by atoms with Crippen LogP contribution in [0, 0.1) is 0 Å². The molecule has 7 nitrogen and oxygen atoms in total. The van der Waals surface area contributed by atoms with Crippen LogP contribution in [0.25, 0.3) is 10.9 Å². The summed E-state index contributed by atoms with van der Waals surface area (Å²) in [5.41, 5.74) is 0.764. The lowest BCUT2D eigenvalue weighted by molar-refractivity contribution is -0.130. The molecule has 2 aromatic carbocycles. The largest absolute Gasteiger partial charge is 0.381 e. The van der Waals surface area contributed by atoms with E-state index < -0.39 is 5.41 Å². The molecular weight excluding hydrogens is 356 g/mol. The second-order valence-corrected chi connectivity index (χ2v) is 6.95. The number of carbonyl (C=O) groups is 1. The summed E-state index contributed by atoms with van der Waals surface area (Å²) >= 11 is 0. The molecule has 0 spiro atoms. The van der Waals surface area contributed by atoms with Crippen LogP contribution in [0.4, 0.5) is 0 Å². The molecule has 1 saturated heterocycles. The third-order valence-electron chi connectivity index (χ3n) is 5.35. The van der Waals surface area contributed by atoms with E-state index >= 15 is 0 Å². The number of ether oxygens (including phenoxy) is 1. The van der Waals surface area contributed by atoms with Gasteiger partial charge in [-0.3, -0.25) is 9.59 Å². The number of amides is 1. The molecule has 0 bridgehead atoms. The molecule has 28 heavy (non-hydrogen) atoms. The SMILES string of the molecule is O=C(NCCn1nnc2ccccc2c1=O)C1(c2ccccc2)CCOCC1. The van der Waals surface area contributed by atoms with Crippen molar-refractivity contribution in [3.05, 3.63) is 70.5 Å². The fraction of sp³-hybridized carbons (Fsp3) is 0.333. The lowest BCUT2D eigenvalue weighted by Crippen LogP contribution is -2.49. The van der Waals surface area contributed by atoms with Gasteiger partial charge in [0.05, 0.1) is 17.3 Å². The summed E-state index contributed by atoms with van der Waals surface area (Å²) in [4.78, 5) is 25.6. The van der Waals surface area contributed by atoms with Crippen molar-refractivity contribution in [2.75, 3.05) is 19.8 Å². The Balaban J connectivity index is 1.49. The number of carbonyl (C=O) groups excluding carboxylic acids is 1. The highest BCUT2D eigenvalue weighted by atomic mass is 16.5. The third-order valence-corrected chi connectivity index (χ3v) is 5.35. The van der Waals surface area contributed by atoms with Gasteiger partial charge >= 0.3 is 0 Å². The summed E-state index contributed by atoms with van der Waals surface area (Å²) in [5, 5.41) is 11.6. The van der Waals surface area contributed by atoms with Gasteiger partial charge in [-0.25, -0.2) is 4.68 Å². The number of nitrogens with zero attached hydrogens (tertiary/aromatic N) is 3. The highest BCUT2D eigenvalue weighted by Crippen LogP contribution is 2.35. The summed E-state index contributed by atoms with van der Waals surface area (Å²) in [7, 11) is 0. The smallest absolute Gasteiger partial charge is 0.277 e. The van der Waals surface area contributed by atoms with E-state index in [2.05, 4.69) is 15.6 Å². The molecule has 0 atom stereocenters. The van der Waals surface area contributed by atoms with Gasteiger partial charge in [0.25, 0.3) is 5.56 Å². The second kappa shape index (κ2) is 7.90. The van der Waals surface area contributed by atoms with E-state index in [-0.39, 0.29) is 18.0 Å². The monoisotopic (exact) mass is 378 g/mol. The van der Waals surface area contributed by atoms with Crippen LogP contribution >= 0.6 is 0 Å². The number of hydrogen-bond acceptors (Lipinski definition) is 5. The molecule has 3 aromatic rings. The second-order valence-electron chi connectivity index (χ2n) is 6.95. The Morgan fingerprint density at radius 3 is 2.57 bits per heavy atom. The molecule has 1 aromatic heterocycles. The van der Waals surface area contributed by atoms with Crippen LogP contribution in [0.2, 0.25) is 0 Å². The molecule has 7 heteroatoms. The molecular formula is C21H22N4O3. The number of benzene rings is 2. The van der Waals surface area contributed by atoms with Crippen molar-refractivity contribution in [1.29, 1.82) is 0 Å². The molecule has 1 amide bonds. The number of nitrogens with one attached hydrogen (secondary N) is 1. The van der Waals surface area contributed by atoms with E-state index in [0.29, 0.717) is 43.5 Å². The normalized spacial score (nSPS) is 16.0. The minimum Gasteiger partial charge on any atom is -0.381 e. The third kappa shape index (κ3) is 3.41. The fourth-order valence-corrected chi connectivity index (χ4v) is 3.74. The maximum absolute atomic E-state index is 13.1. The molecule has 1 aliphatic heterocycles. The fourth-order valence-electron chi connectivity index (χ4n) is 3.74. The van der Waals surface area contributed by atoms with Crippen LogP contribution in [0.5, 0.6) is 0 Å². The first-order chi connectivity index (χ1) is 13.7. The number of aromatic nitrogens is 3. The first-order valence-electron chi connectivity index (χ1n) is 9.45. The first kappa shape index (κ1) is 18.3. The minimum atomic E-state index is -0.598. The maximum Gasteiger partial charge on any atom is 0.277 e. The van der Waals surface area contributed by atoms with Crippen molar-refractivity contribution in [1.82, 2.24) is 20.3 Å². The van der Waals surface area contributed by atoms with E-state index in [4.69, 9.17) is 4.74 Å². The Morgan fingerprint density at radius 2 is 1.79 bits per heavy atom. The quantitative estimate of drug-likeness (QED) is 0.730. The van der Waals surface area contributed by atoms with Crippen molar-refractivity contribution in [2.45, 2.75) is 24.8 Å². The van der Waals surface area contributed by atoms with Crippen molar-refractivity contribution in [3.63, 3.8) is 0 Å². The van der Waals surface area contributed by atoms with Crippen LogP contribution in [-0.2, 0) is 21.5 Å². The first-order valence-corrected chi connectivity index (χ1v) is 9.45. The van der Waals surface area contributed by atoms with E-state index in [1.807, 2.05) is 36.4 Å². The zero-order valence-corrected chi connectivity index (χ0v) is 15.5. The summed E-state index contributed by atoms with van der Waals surface area (Å²) in [6, 6.07) is 16.9. The number of hydrogen-bond donors (Lipinski definition) is 1. The Bertz CT molecular complexity index is 1030. The average Bonchev–Trinajstić information content (AvgIpc) is 2.76. The predicted molar refractivity (Wildman–Crippen MR) is 105 cm³/mol. The van der Waals surface area contributed by atoms with Crippen LogP contribution < -0.4 is 10.9 Å². The molecule has 0 unspecified atom stereocenters. The Morgan fingerprint density at radius 1 is 1.07 bits per heavy atom. The highest BCUT2D eigenvalue weighted by Gasteiger charge is 2.41. The van der Waals surface area contributed by atoms with Gasteiger partial charge in [0.15, 0.2) is 0 Å². The molecule has 0 aliphatic carbocycles. The van der Waals surface area contributed by atoms with Gasteiger partial charge in [-0.15, -0.1) is 5.10 Å². The molecule has 144 valence electrons. The minimum absolute atomic E-state index is 0.0382. The lowest BCUT2D eigenvalue weighted by Gasteiger charge is -2.36. The van der Waals surface area contributed by atoms with Crippen LogP contribution in [-0.4, -0.2) is 40.7 Å². The lowest BCUT2D eigenvalue weighted by atomic mass is 9.73. The Kier molecular flexibility index (Phi) is 5.16. The standard InChI is InChI=1S/C21H22N4O3/c26-19-17-8-4-5-9-18(17)23-24-25(19)13-12-22-20(27)21(10-14-28-15-11-21)16-6-2-1-3-7-16/h1-9H,10-15H2,(H,22,27). The highest BCUT2D eigenvalue weighted by molar-refractivity contribution is 5.88. The van der Waals surface area contributed by atoms with Gasteiger partial charge in [-0.1, -0.05) is 47.7 Å². The summed E-state index contributed by atoms with van der Waals surface area (Å²) in [5.74, 6) is -0.0382. The molecule has 1 fully saturated rings. The van der Waals surface area contributed by atoms with Gasteiger partial charge in [0.1, 0.15) is 5.52 Å². The molecule has 4 rings (SSSR count). The summed E-state index contributed by atoms with van der Waals surface area (Å²) in [6.45, 7) is 1.68. The Labute approximate surface area is 162 Å². The summed E-state index contributed by atoms with van der Waals surface area (Å²) < 4.78 is 6.78. The van der Waals surface area contributed by atoms with Crippen molar-refractivity contribution >= 4 is 16.8 Å². The molecule has 1 N–H and O–H groups in total. The molecule has 2 heterocycles. The van der Waals surface area contributed by atoms with Crippen molar-refractivity contribution in [3.8, 4) is 0 Å². The predicted octanol–water partition coefficient (Wildman–Crippen LogP) is 1.66. The number of fused-ring (bicyclic) bond motifs is 1. The average molecular weight is 378 g/mol. The molecule has 0 saturated carbocycles. The summed E-state index contributed by atoms with van der Waals surface area (Å²) in [6.07, 6.45) is 1.27. The topological polar surface area (TPSA) is 86.1 Å². The molecule has 0 radical (unpaired) electrons. The van der Waals surface area contributed by atoms with Crippen molar-refractivity contribution in [2.24, 2.45) is 0 Å². The zero-order chi connectivity index (χ0) is 19.4. The van der Waals surface area contributed by atoms with E-state index in [1.165, 1.54) is 4.68 Å². The molecule has 1 aliphatic rings. The van der Waals surface area contributed by atoms with Crippen molar-refractivity contribution < 1.29 is 9.53 Å². The van der Waals surface area contributed by atoms with Crippen LogP contribution in [0.3, 0.4) is 0 Å².